The number of rotatable bonds is 11. The monoisotopic (exact) mass is 528 g/mol. The Morgan fingerprint density at radius 3 is 2.13 bits per heavy atom. The molecule has 39 heavy (non-hydrogen) atoms. The molecular formula is C31H32N2O6. The number of carbonyl (C=O) groups excluding carboxylic acids is 2. The first-order chi connectivity index (χ1) is 18.8. The van der Waals surface area contributed by atoms with Gasteiger partial charge in [0.1, 0.15) is 6.61 Å². The number of nitrogens with one attached hydrogen (secondary N) is 2. The summed E-state index contributed by atoms with van der Waals surface area (Å²) in [6.07, 6.45) is 0.136. The Balaban J connectivity index is 1.25. The van der Waals surface area contributed by atoms with E-state index >= 15 is 0 Å². The Bertz CT molecular complexity index is 1310. The summed E-state index contributed by atoms with van der Waals surface area (Å²) in [6, 6.07) is 24.3. The molecule has 0 fully saturated rings. The van der Waals surface area contributed by atoms with Crippen molar-refractivity contribution >= 4 is 18.0 Å². The molecule has 0 unspecified atom stereocenters. The van der Waals surface area contributed by atoms with Gasteiger partial charge in [-0.3, -0.25) is 4.79 Å². The Kier molecular flexibility index (Phi) is 9.12. The molecule has 0 aliphatic heterocycles. The number of amides is 2. The van der Waals surface area contributed by atoms with Gasteiger partial charge in [-0.25, -0.2) is 9.59 Å². The SMILES string of the molecule is C/C(=C\CNC(=O)OCC1c2ccccc2-c2ccccc21)C(=O)N[C@H](C(=O)O)[C@@H](C)OCc1ccccc1. The largest absolute Gasteiger partial charge is 0.480 e. The molecule has 4 rings (SSSR count). The van der Waals surface area contributed by atoms with Crippen molar-refractivity contribution in [1.29, 1.82) is 0 Å². The summed E-state index contributed by atoms with van der Waals surface area (Å²) >= 11 is 0. The molecule has 0 bridgehead atoms. The summed E-state index contributed by atoms with van der Waals surface area (Å²) in [4.78, 5) is 36.7. The second-order valence-electron chi connectivity index (χ2n) is 9.38. The van der Waals surface area contributed by atoms with Crippen molar-refractivity contribution in [1.82, 2.24) is 10.6 Å². The molecule has 202 valence electrons. The van der Waals surface area contributed by atoms with Crippen LogP contribution >= 0.6 is 0 Å². The summed E-state index contributed by atoms with van der Waals surface area (Å²) in [5.41, 5.74) is 5.69. The zero-order chi connectivity index (χ0) is 27.8. The van der Waals surface area contributed by atoms with Gasteiger partial charge >= 0.3 is 12.1 Å². The Morgan fingerprint density at radius 2 is 1.51 bits per heavy atom. The minimum absolute atomic E-state index is 0.0493. The fourth-order valence-corrected chi connectivity index (χ4v) is 4.56. The molecule has 0 spiro atoms. The molecule has 3 N–H and O–H groups in total. The zero-order valence-electron chi connectivity index (χ0n) is 21.9. The maximum atomic E-state index is 12.6. The highest BCUT2D eigenvalue weighted by molar-refractivity contribution is 5.95. The summed E-state index contributed by atoms with van der Waals surface area (Å²) in [5.74, 6) is -1.81. The van der Waals surface area contributed by atoms with Crippen LogP contribution in [0.1, 0.15) is 36.5 Å². The number of ether oxygens (including phenoxy) is 2. The Hall–Kier alpha value is -4.43. The van der Waals surface area contributed by atoms with Gasteiger partial charge in [-0.1, -0.05) is 84.9 Å². The van der Waals surface area contributed by atoms with Crippen molar-refractivity contribution in [3.63, 3.8) is 0 Å². The van der Waals surface area contributed by atoms with E-state index < -0.39 is 30.1 Å². The van der Waals surface area contributed by atoms with Crippen LogP contribution in [0.15, 0.2) is 90.5 Å². The molecule has 0 aromatic heterocycles. The average Bonchev–Trinajstić information content (AvgIpc) is 3.27. The number of hydrogen-bond donors (Lipinski definition) is 3. The summed E-state index contributed by atoms with van der Waals surface area (Å²) in [6.45, 7) is 3.60. The summed E-state index contributed by atoms with van der Waals surface area (Å²) in [7, 11) is 0. The fourth-order valence-electron chi connectivity index (χ4n) is 4.56. The van der Waals surface area contributed by atoms with E-state index in [-0.39, 0.29) is 31.2 Å². The van der Waals surface area contributed by atoms with E-state index in [0.717, 1.165) is 27.8 Å². The van der Waals surface area contributed by atoms with Gasteiger partial charge in [0.15, 0.2) is 6.04 Å². The van der Waals surface area contributed by atoms with Gasteiger partial charge in [0.05, 0.1) is 12.7 Å². The van der Waals surface area contributed by atoms with Crippen LogP contribution < -0.4 is 10.6 Å². The number of carbonyl (C=O) groups is 3. The highest BCUT2D eigenvalue weighted by atomic mass is 16.5. The molecule has 0 saturated carbocycles. The van der Waals surface area contributed by atoms with Gasteiger partial charge in [0.2, 0.25) is 5.91 Å². The fraction of sp³-hybridized carbons (Fsp3) is 0.258. The lowest BCUT2D eigenvalue weighted by atomic mass is 9.98. The molecule has 2 atom stereocenters. The van der Waals surface area contributed by atoms with Crippen molar-refractivity contribution < 1.29 is 29.0 Å². The number of fused-ring (bicyclic) bond motifs is 3. The minimum Gasteiger partial charge on any atom is -0.480 e. The predicted molar refractivity (Wildman–Crippen MR) is 147 cm³/mol. The van der Waals surface area contributed by atoms with Gasteiger partial charge in [-0.15, -0.1) is 0 Å². The molecular weight excluding hydrogens is 496 g/mol. The van der Waals surface area contributed by atoms with E-state index in [1.54, 1.807) is 13.8 Å². The van der Waals surface area contributed by atoms with Gasteiger partial charge in [0.25, 0.3) is 0 Å². The number of carboxylic acids is 1. The normalized spacial score (nSPS) is 14.1. The van der Waals surface area contributed by atoms with E-state index in [9.17, 15) is 19.5 Å². The maximum absolute atomic E-state index is 12.6. The topological polar surface area (TPSA) is 114 Å². The van der Waals surface area contributed by atoms with Crippen LogP contribution in [0.25, 0.3) is 11.1 Å². The Labute approximate surface area is 227 Å². The van der Waals surface area contributed by atoms with Crippen LogP contribution in [0.4, 0.5) is 4.79 Å². The zero-order valence-corrected chi connectivity index (χ0v) is 21.9. The van der Waals surface area contributed by atoms with E-state index in [1.165, 1.54) is 6.08 Å². The summed E-state index contributed by atoms with van der Waals surface area (Å²) < 4.78 is 11.2. The molecule has 8 nitrogen and oxygen atoms in total. The standard InChI is InChI=1S/C31H32N2O6/c1-20(29(34)33-28(30(35)36)21(2)38-18-22-10-4-3-5-11-22)16-17-32-31(37)39-19-27-25-14-8-6-12-23(25)24-13-7-9-15-26(24)27/h3-16,21,27-28H,17-19H2,1-2H3,(H,32,37)(H,33,34)(H,35,36)/b20-16+/t21-,28+/m1/s1. The van der Waals surface area contributed by atoms with E-state index in [0.29, 0.717) is 0 Å². The van der Waals surface area contributed by atoms with Crippen molar-refractivity contribution in [3.8, 4) is 11.1 Å². The van der Waals surface area contributed by atoms with Crippen molar-refractivity contribution in [2.75, 3.05) is 13.2 Å². The quantitative estimate of drug-likeness (QED) is 0.312. The molecule has 2 amide bonds. The highest BCUT2D eigenvalue weighted by Crippen LogP contribution is 2.44. The van der Waals surface area contributed by atoms with Crippen molar-refractivity contribution in [3.05, 3.63) is 107 Å². The van der Waals surface area contributed by atoms with Crippen LogP contribution in [-0.2, 0) is 25.7 Å². The van der Waals surface area contributed by atoms with E-state index in [4.69, 9.17) is 9.47 Å². The van der Waals surface area contributed by atoms with Crippen LogP contribution in [0.3, 0.4) is 0 Å². The van der Waals surface area contributed by atoms with Crippen molar-refractivity contribution in [2.24, 2.45) is 0 Å². The first-order valence-corrected chi connectivity index (χ1v) is 12.8. The van der Waals surface area contributed by atoms with Crippen LogP contribution in [-0.4, -0.2) is 48.4 Å². The molecule has 0 heterocycles. The number of alkyl carbamates (subject to hydrolysis) is 1. The third-order valence-corrected chi connectivity index (χ3v) is 6.73. The van der Waals surface area contributed by atoms with Crippen LogP contribution in [0.5, 0.6) is 0 Å². The first kappa shape index (κ1) is 27.6. The van der Waals surface area contributed by atoms with Gasteiger partial charge in [-0.2, -0.15) is 0 Å². The predicted octanol–water partition coefficient (Wildman–Crippen LogP) is 4.65. The van der Waals surface area contributed by atoms with Crippen molar-refractivity contribution in [2.45, 2.75) is 38.5 Å². The lowest BCUT2D eigenvalue weighted by Gasteiger charge is -2.22. The number of aliphatic carboxylic acids is 1. The Morgan fingerprint density at radius 1 is 0.923 bits per heavy atom. The minimum atomic E-state index is -1.24. The lowest BCUT2D eigenvalue weighted by molar-refractivity contribution is -0.146. The van der Waals surface area contributed by atoms with Gasteiger partial charge in [0, 0.05) is 18.0 Å². The van der Waals surface area contributed by atoms with Crippen LogP contribution in [0.2, 0.25) is 0 Å². The molecule has 0 saturated heterocycles. The molecule has 1 aliphatic rings. The van der Waals surface area contributed by atoms with E-state index in [1.807, 2.05) is 66.7 Å². The third kappa shape index (κ3) is 6.91. The molecule has 8 heteroatoms. The molecule has 3 aromatic carbocycles. The lowest BCUT2D eigenvalue weighted by Crippen LogP contribution is -2.48. The van der Waals surface area contributed by atoms with Crippen LogP contribution in [0, 0.1) is 0 Å². The average molecular weight is 529 g/mol. The van der Waals surface area contributed by atoms with E-state index in [2.05, 4.69) is 22.8 Å². The second-order valence-corrected chi connectivity index (χ2v) is 9.38. The maximum Gasteiger partial charge on any atom is 0.407 e. The van der Waals surface area contributed by atoms with Gasteiger partial charge in [-0.05, 0) is 41.7 Å². The first-order valence-electron chi connectivity index (χ1n) is 12.8. The highest BCUT2D eigenvalue weighted by Gasteiger charge is 2.29. The number of hydrogen-bond acceptors (Lipinski definition) is 5. The molecule has 0 radical (unpaired) electrons. The number of benzene rings is 3. The second kappa shape index (κ2) is 12.9. The molecule has 3 aromatic rings. The summed E-state index contributed by atoms with van der Waals surface area (Å²) in [5, 5.41) is 14.7. The van der Waals surface area contributed by atoms with Gasteiger partial charge < -0.3 is 25.2 Å². The molecule has 1 aliphatic carbocycles. The third-order valence-electron chi connectivity index (χ3n) is 6.73. The number of carboxylic acid groups (broad SMARTS) is 1. The smallest absolute Gasteiger partial charge is 0.407 e.